The smallest absolute Gasteiger partial charge is 0.264 e. The highest BCUT2D eigenvalue weighted by atomic mass is 35.5. The van der Waals surface area contributed by atoms with Crippen LogP contribution in [0, 0.1) is 20.8 Å². The standard InChI is InChI=1S/C33H39Cl2N3O4S/c1-5-30(33(40)36-27-8-6-7-9-27)37(20-25-13-14-26(34)19-29(25)35)32(39)21-38(31-17-12-23(3)18-24(31)4)43(41,42)28-15-10-22(2)11-16-28/h10-19,27,30H,5-9,20-21H2,1-4H3,(H,36,40)/t30-/m1/s1. The van der Waals surface area contributed by atoms with E-state index in [4.69, 9.17) is 23.2 Å². The zero-order valence-electron chi connectivity index (χ0n) is 25.1. The molecule has 0 bridgehead atoms. The van der Waals surface area contributed by atoms with E-state index in [1.54, 1.807) is 48.5 Å². The van der Waals surface area contributed by atoms with Gasteiger partial charge in [-0.15, -0.1) is 0 Å². The van der Waals surface area contributed by atoms with Gasteiger partial charge in [0.15, 0.2) is 0 Å². The minimum atomic E-state index is -4.15. The van der Waals surface area contributed by atoms with Gasteiger partial charge in [0.05, 0.1) is 10.6 Å². The zero-order chi connectivity index (χ0) is 31.3. The number of sulfonamides is 1. The molecule has 43 heavy (non-hydrogen) atoms. The van der Waals surface area contributed by atoms with E-state index in [2.05, 4.69) is 5.32 Å². The summed E-state index contributed by atoms with van der Waals surface area (Å²) in [6, 6.07) is 16.2. The minimum Gasteiger partial charge on any atom is -0.352 e. The van der Waals surface area contributed by atoms with Gasteiger partial charge in [0.25, 0.3) is 10.0 Å². The molecular formula is C33H39Cl2N3O4S. The van der Waals surface area contributed by atoms with E-state index in [0.717, 1.165) is 41.1 Å². The molecule has 3 aromatic rings. The van der Waals surface area contributed by atoms with Crippen LogP contribution in [0.25, 0.3) is 0 Å². The molecule has 10 heteroatoms. The monoisotopic (exact) mass is 643 g/mol. The lowest BCUT2D eigenvalue weighted by Crippen LogP contribution is -2.53. The molecule has 0 aromatic heterocycles. The van der Waals surface area contributed by atoms with Crippen LogP contribution in [-0.2, 0) is 26.2 Å². The van der Waals surface area contributed by atoms with Crippen LogP contribution in [-0.4, -0.2) is 43.8 Å². The number of nitrogens with zero attached hydrogens (tertiary/aromatic N) is 2. The molecule has 1 aliphatic carbocycles. The van der Waals surface area contributed by atoms with Crippen molar-refractivity contribution in [2.45, 2.75) is 83.3 Å². The molecular weight excluding hydrogens is 605 g/mol. The first kappa shape index (κ1) is 32.8. The molecule has 0 radical (unpaired) electrons. The summed E-state index contributed by atoms with van der Waals surface area (Å²) in [6.07, 6.45) is 4.23. The van der Waals surface area contributed by atoms with E-state index in [9.17, 15) is 18.0 Å². The Bertz CT molecular complexity index is 1570. The van der Waals surface area contributed by atoms with Gasteiger partial charge >= 0.3 is 0 Å². The van der Waals surface area contributed by atoms with Gasteiger partial charge in [-0.1, -0.05) is 84.4 Å². The van der Waals surface area contributed by atoms with Crippen molar-refractivity contribution < 1.29 is 18.0 Å². The van der Waals surface area contributed by atoms with Crippen LogP contribution < -0.4 is 9.62 Å². The topological polar surface area (TPSA) is 86.8 Å². The van der Waals surface area contributed by atoms with Crippen LogP contribution in [0.5, 0.6) is 0 Å². The number of rotatable bonds is 11. The van der Waals surface area contributed by atoms with Crippen LogP contribution in [0.4, 0.5) is 5.69 Å². The summed E-state index contributed by atoms with van der Waals surface area (Å²) in [6.45, 7) is 6.97. The zero-order valence-corrected chi connectivity index (χ0v) is 27.4. The van der Waals surface area contributed by atoms with E-state index >= 15 is 0 Å². The van der Waals surface area contributed by atoms with E-state index in [0.29, 0.717) is 33.3 Å². The Labute approximate surface area is 265 Å². The highest BCUT2D eigenvalue weighted by Gasteiger charge is 2.35. The summed E-state index contributed by atoms with van der Waals surface area (Å²) in [4.78, 5) is 29.5. The van der Waals surface area contributed by atoms with Crippen LogP contribution in [0.1, 0.15) is 61.3 Å². The molecule has 1 atom stereocenters. The summed E-state index contributed by atoms with van der Waals surface area (Å²) < 4.78 is 29.4. The molecule has 0 aliphatic heterocycles. The SMILES string of the molecule is CC[C@H](C(=O)NC1CCCC1)N(Cc1ccc(Cl)cc1Cl)C(=O)CN(c1ccc(C)cc1C)S(=O)(=O)c1ccc(C)cc1. The van der Waals surface area contributed by atoms with E-state index < -0.39 is 28.5 Å². The van der Waals surface area contributed by atoms with Gasteiger partial charge < -0.3 is 10.2 Å². The molecule has 3 aromatic carbocycles. The second-order valence-electron chi connectivity index (χ2n) is 11.3. The summed E-state index contributed by atoms with van der Waals surface area (Å²) >= 11 is 12.6. The summed E-state index contributed by atoms with van der Waals surface area (Å²) in [5.74, 6) is -0.776. The van der Waals surface area contributed by atoms with Gasteiger partial charge in [-0.3, -0.25) is 13.9 Å². The lowest BCUT2D eigenvalue weighted by atomic mass is 10.1. The number of aryl methyl sites for hydroxylation is 3. The van der Waals surface area contributed by atoms with Gasteiger partial charge in [-0.2, -0.15) is 0 Å². The van der Waals surface area contributed by atoms with Crippen LogP contribution in [0.15, 0.2) is 65.6 Å². The van der Waals surface area contributed by atoms with Gasteiger partial charge in [0, 0.05) is 22.6 Å². The molecule has 0 saturated heterocycles. The number of hydrogen-bond acceptors (Lipinski definition) is 4. The Morgan fingerprint density at radius 1 is 0.930 bits per heavy atom. The third-order valence-corrected chi connectivity index (χ3v) is 10.3. The summed E-state index contributed by atoms with van der Waals surface area (Å²) in [5, 5.41) is 3.92. The van der Waals surface area contributed by atoms with Crippen molar-refractivity contribution in [3.63, 3.8) is 0 Å². The van der Waals surface area contributed by atoms with Crippen molar-refractivity contribution in [1.82, 2.24) is 10.2 Å². The van der Waals surface area contributed by atoms with Crippen LogP contribution in [0.3, 0.4) is 0 Å². The fraction of sp³-hybridized carbons (Fsp3) is 0.394. The second-order valence-corrected chi connectivity index (χ2v) is 14.0. The Balaban J connectivity index is 1.76. The normalized spacial score (nSPS) is 14.4. The number of nitrogens with one attached hydrogen (secondary N) is 1. The predicted molar refractivity (Wildman–Crippen MR) is 173 cm³/mol. The number of anilines is 1. The largest absolute Gasteiger partial charge is 0.352 e. The number of hydrogen-bond donors (Lipinski definition) is 1. The molecule has 1 fully saturated rings. The van der Waals surface area contributed by atoms with Crippen molar-refractivity contribution in [1.29, 1.82) is 0 Å². The van der Waals surface area contributed by atoms with Crippen molar-refractivity contribution >= 4 is 50.7 Å². The van der Waals surface area contributed by atoms with Crippen molar-refractivity contribution in [2.24, 2.45) is 0 Å². The third-order valence-electron chi connectivity index (χ3n) is 7.95. The average Bonchev–Trinajstić information content (AvgIpc) is 3.46. The van der Waals surface area contributed by atoms with Crippen molar-refractivity contribution in [3.05, 3.63) is 93.0 Å². The number of halogens is 2. The van der Waals surface area contributed by atoms with Gasteiger partial charge in [-0.05, 0) is 81.5 Å². The van der Waals surface area contributed by atoms with E-state index in [1.165, 1.54) is 4.90 Å². The maximum Gasteiger partial charge on any atom is 0.264 e. The van der Waals surface area contributed by atoms with Crippen LogP contribution in [0.2, 0.25) is 10.0 Å². The number of benzene rings is 3. The molecule has 0 heterocycles. The van der Waals surface area contributed by atoms with Crippen molar-refractivity contribution in [2.75, 3.05) is 10.8 Å². The second kappa shape index (κ2) is 14.1. The first-order valence-electron chi connectivity index (χ1n) is 14.6. The Morgan fingerprint density at radius 2 is 1.58 bits per heavy atom. The average molecular weight is 645 g/mol. The molecule has 1 aliphatic rings. The van der Waals surface area contributed by atoms with E-state index in [1.807, 2.05) is 39.8 Å². The Hall–Kier alpha value is -3.07. The number of amides is 2. The van der Waals surface area contributed by atoms with Gasteiger partial charge in [0.1, 0.15) is 12.6 Å². The molecule has 1 N–H and O–H groups in total. The Morgan fingerprint density at radius 3 is 2.19 bits per heavy atom. The molecule has 230 valence electrons. The fourth-order valence-corrected chi connectivity index (χ4v) is 7.50. The van der Waals surface area contributed by atoms with Gasteiger partial charge in [-0.25, -0.2) is 8.42 Å². The minimum absolute atomic E-state index is 0.0106. The van der Waals surface area contributed by atoms with E-state index in [-0.39, 0.29) is 23.4 Å². The third kappa shape index (κ3) is 7.91. The maximum absolute atomic E-state index is 14.3. The molecule has 2 amide bonds. The lowest BCUT2D eigenvalue weighted by molar-refractivity contribution is -0.140. The molecule has 4 rings (SSSR count). The summed E-state index contributed by atoms with van der Waals surface area (Å²) in [7, 11) is -4.15. The fourth-order valence-electron chi connectivity index (χ4n) is 5.56. The van der Waals surface area contributed by atoms with Gasteiger partial charge in [0.2, 0.25) is 11.8 Å². The molecule has 7 nitrogen and oxygen atoms in total. The van der Waals surface area contributed by atoms with Crippen LogP contribution >= 0.6 is 23.2 Å². The number of carbonyl (C=O) groups is 2. The molecule has 1 saturated carbocycles. The molecule has 0 unspecified atom stereocenters. The van der Waals surface area contributed by atoms with Crippen molar-refractivity contribution in [3.8, 4) is 0 Å². The quantitative estimate of drug-likeness (QED) is 0.244. The molecule has 0 spiro atoms. The lowest BCUT2D eigenvalue weighted by Gasteiger charge is -2.34. The first-order chi connectivity index (χ1) is 20.4. The highest BCUT2D eigenvalue weighted by Crippen LogP contribution is 2.30. The number of carbonyl (C=O) groups excluding carboxylic acids is 2. The maximum atomic E-state index is 14.3. The predicted octanol–water partition coefficient (Wildman–Crippen LogP) is 6.98. The Kier molecular flexibility index (Phi) is 10.8. The first-order valence-corrected chi connectivity index (χ1v) is 16.8. The highest BCUT2D eigenvalue weighted by molar-refractivity contribution is 7.92. The summed E-state index contributed by atoms with van der Waals surface area (Å²) in [5.41, 5.74) is 3.59.